The fourth-order valence-electron chi connectivity index (χ4n) is 3.31. The van der Waals surface area contributed by atoms with E-state index in [0.29, 0.717) is 0 Å². The van der Waals surface area contributed by atoms with E-state index in [-0.39, 0.29) is 0 Å². The summed E-state index contributed by atoms with van der Waals surface area (Å²) in [5, 5.41) is 8.44. The van der Waals surface area contributed by atoms with Crippen LogP contribution in [0.3, 0.4) is 0 Å². The molecule has 0 aromatic carbocycles. The van der Waals surface area contributed by atoms with E-state index in [1.165, 1.54) is 12.8 Å². The zero-order valence-electron chi connectivity index (χ0n) is 14.1. The van der Waals surface area contributed by atoms with Gasteiger partial charge < -0.3 is 14.7 Å². The van der Waals surface area contributed by atoms with Crippen LogP contribution < -0.4 is 14.7 Å². The maximum Gasteiger partial charge on any atom is 0.227 e. The molecule has 4 heterocycles. The summed E-state index contributed by atoms with van der Waals surface area (Å²) in [6.45, 7) is 7.80. The first-order chi connectivity index (χ1) is 11.8. The predicted molar refractivity (Wildman–Crippen MR) is 94.7 cm³/mol. The Labute approximate surface area is 142 Å². The molecule has 24 heavy (non-hydrogen) atoms. The number of hydrogen-bond acceptors (Lipinski definition) is 7. The van der Waals surface area contributed by atoms with Gasteiger partial charge >= 0.3 is 0 Å². The van der Waals surface area contributed by atoms with Gasteiger partial charge in [-0.15, -0.1) is 5.10 Å². The quantitative estimate of drug-likeness (QED) is 0.847. The van der Waals surface area contributed by atoms with Gasteiger partial charge in [-0.3, -0.25) is 0 Å². The Bertz CT molecular complexity index is 674. The average molecular weight is 325 g/mol. The van der Waals surface area contributed by atoms with E-state index >= 15 is 0 Å². The van der Waals surface area contributed by atoms with Crippen LogP contribution in [0.15, 0.2) is 24.4 Å². The first kappa shape index (κ1) is 15.1. The number of piperazine rings is 1. The summed E-state index contributed by atoms with van der Waals surface area (Å²) < 4.78 is 0. The second-order valence-electron chi connectivity index (χ2n) is 6.42. The third-order valence-electron chi connectivity index (χ3n) is 4.73. The van der Waals surface area contributed by atoms with Gasteiger partial charge in [0.25, 0.3) is 0 Å². The highest BCUT2D eigenvalue weighted by Gasteiger charge is 2.21. The van der Waals surface area contributed by atoms with Gasteiger partial charge in [0.2, 0.25) is 5.95 Å². The van der Waals surface area contributed by atoms with Crippen molar-refractivity contribution in [1.82, 2.24) is 20.2 Å². The van der Waals surface area contributed by atoms with Crippen LogP contribution in [0, 0.1) is 6.92 Å². The zero-order chi connectivity index (χ0) is 16.4. The number of aryl methyl sites for hydroxylation is 1. The van der Waals surface area contributed by atoms with E-state index in [2.05, 4.69) is 29.9 Å². The Balaban J connectivity index is 1.42. The third-order valence-corrected chi connectivity index (χ3v) is 4.73. The lowest BCUT2D eigenvalue weighted by molar-refractivity contribution is 0.630. The average Bonchev–Trinajstić information content (AvgIpc) is 3.17. The van der Waals surface area contributed by atoms with Crippen molar-refractivity contribution in [3.05, 3.63) is 30.1 Å². The van der Waals surface area contributed by atoms with E-state index in [1.807, 2.05) is 31.3 Å². The molecule has 7 heteroatoms. The van der Waals surface area contributed by atoms with Crippen LogP contribution >= 0.6 is 0 Å². The van der Waals surface area contributed by atoms with Crippen molar-refractivity contribution in [2.75, 3.05) is 54.0 Å². The van der Waals surface area contributed by atoms with Crippen molar-refractivity contribution in [2.45, 2.75) is 19.8 Å². The Morgan fingerprint density at radius 2 is 1.46 bits per heavy atom. The van der Waals surface area contributed by atoms with Crippen LogP contribution in [0.2, 0.25) is 0 Å². The minimum atomic E-state index is 0.842. The third kappa shape index (κ3) is 3.11. The van der Waals surface area contributed by atoms with E-state index in [0.717, 1.165) is 62.5 Å². The summed E-state index contributed by atoms with van der Waals surface area (Å²) in [5.74, 6) is 2.85. The molecule has 0 N–H and O–H groups in total. The molecule has 0 unspecified atom stereocenters. The van der Waals surface area contributed by atoms with Crippen LogP contribution in [-0.4, -0.2) is 59.4 Å². The molecule has 0 atom stereocenters. The number of nitrogens with zero attached hydrogens (tertiary/aromatic N) is 7. The predicted octanol–water partition coefficient (Wildman–Crippen LogP) is 1.50. The van der Waals surface area contributed by atoms with Gasteiger partial charge in [0.05, 0.1) is 5.69 Å². The standard InChI is InChI=1S/C17H23N7/c1-14-4-5-16(21-20-14)23-10-12-24(13-11-23)17-18-7-6-15(19-17)22-8-2-3-9-22/h4-7H,2-3,8-13H2,1H3. The van der Waals surface area contributed by atoms with Gasteiger partial charge in [0.15, 0.2) is 5.82 Å². The van der Waals surface area contributed by atoms with E-state index < -0.39 is 0 Å². The van der Waals surface area contributed by atoms with Crippen LogP contribution in [0.1, 0.15) is 18.5 Å². The summed E-state index contributed by atoms with van der Waals surface area (Å²) in [5.41, 5.74) is 0.949. The Morgan fingerprint density at radius 1 is 0.750 bits per heavy atom. The van der Waals surface area contributed by atoms with Gasteiger partial charge in [-0.05, 0) is 38.0 Å². The first-order valence-corrected chi connectivity index (χ1v) is 8.68. The number of anilines is 3. The van der Waals surface area contributed by atoms with Crippen molar-refractivity contribution < 1.29 is 0 Å². The fourth-order valence-corrected chi connectivity index (χ4v) is 3.31. The Kier molecular flexibility index (Phi) is 4.15. The molecule has 2 aromatic heterocycles. The summed E-state index contributed by atoms with van der Waals surface area (Å²) >= 11 is 0. The second-order valence-corrected chi connectivity index (χ2v) is 6.42. The molecular formula is C17H23N7. The smallest absolute Gasteiger partial charge is 0.227 e. The Hall–Kier alpha value is -2.44. The summed E-state index contributed by atoms with van der Waals surface area (Å²) in [6, 6.07) is 6.08. The lowest BCUT2D eigenvalue weighted by Gasteiger charge is -2.35. The van der Waals surface area contributed by atoms with E-state index in [9.17, 15) is 0 Å². The number of hydrogen-bond donors (Lipinski definition) is 0. The summed E-state index contributed by atoms with van der Waals surface area (Å²) in [7, 11) is 0. The maximum absolute atomic E-state index is 4.78. The van der Waals surface area contributed by atoms with Gasteiger partial charge in [0, 0.05) is 45.5 Å². The highest BCUT2D eigenvalue weighted by molar-refractivity contribution is 5.46. The maximum atomic E-state index is 4.78. The number of rotatable bonds is 3. The zero-order valence-corrected chi connectivity index (χ0v) is 14.1. The van der Waals surface area contributed by atoms with Crippen LogP contribution in [0.4, 0.5) is 17.6 Å². The highest BCUT2D eigenvalue weighted by Crippen LogP contribution is 2.21. The van der Waals surface area contributed by atoms with Crippen molar-refractivity contribution in [3.63, 3.8) is 0 Å². The molecule has 4 rings (SSSR count). The lowest BCUT2D eigenvalue weighted by atomic mass is 10.3. The minimum Gasteiger partial charge on any atom is -0.356 e. The molecule has 2 fully saturated rings. The molecule has 0 saturated carbocycles. The van der Waals surface area contributed by atoms with Gasteiger partial charge in [-0.1, -0.05) is 0 Å². The van der Waals surface area contributed by atoms with Gasteiger partial charge in [-0.2, -0.15) is 10.1 Å². The molecule has 0 spiro atoms. The monoisotopic (exact) mass is 325 g/mol. The molecule has 2 aliphatic rings. The molecule has 0 amide bonds. The van der Waals surface area contributed by atoms with Crippen LogP contribution in [-0.2, 0) is 0 Å². The molecule has 2 aliphatic heterocycles. The molecule has 2 aromatic rings. The molecule has 126 valence electrons. The fraction of sp³-hybridized carbons (Fsp3) is 0.529. The molecule has 2 saturated heterocycles. The molecular weight excluding hydrogens is 302 g/mol. The Morgan fingerprint density at radius 3 is 2.17 bits per heavy atom. The normalized spacial score (nSPS) is 18.3. The summed E-state index contributed by atoms with van der Waals surface area (Å²) in [6.07, 6.45) is 4.40. The molecule has 0 bridgehead atoms. The van der Waals surface area contributed by atoms with Crippen LogP contribution in [0.5, 0.6) is 0 Å². The SMILES string of the molecule is Cc1ccc(N2CCN(c3nccc(N4CCCC4)n3)CC2)nn1. The van der Waals surface area contributed by atoms with Crippen molar-refractivity contribution >= 4 is 17.6 Å². The van der Waals surface area contributed by atoms with Crippen LogP contribution in [0.25, 0.3) is 0 Å². The molecule has 0 radical (unpaired) electrons. The van der Waals surface area contributed by atoms with E-state index in [4.69, 9.17) is 4.98 Å². The van der Waals surface area contributed by atoms with Gasteiger partial charge in [0.1, 0.15) is 5.82 Å². The highest BCUT2D eigenvalue weighted by atomic mass is 15.4. The minimum absolute atomic E-state index is 0.842. The van der Waals surface area contributed by atoms with E-state index in [1.54, 1.807) is 0 Å². The van der Waals surface area contributed by atoms with Crippen molar-refractivity contribution in [2.24, 2.45) is 0 Å². The largest absolute Gasteiger partial charge is 0.356 e. The number of aromatic nitrogens is 4. The second kappa shape index (κ2) is 6.59. The lowest BCUT2D eigenvalue weighted by Crippen LogP contribution is -2.47. The topological polar surface area (TPSA) is 61.3 Å². The summed E-state index contributed by atoms with van der Waals surface area (Å²) in [4.78, 5) is 16.2. The molecule has 7 nitrogen and oxygen atoms in total. The van der Waals surface area contributed by atoms with Gasteiger partial charge in [-0.25, -0.2) is 4.98 Å². The van der Waals surface area contributed by atoms with Crippen molar-refractivity contribution in [3.8, 4) is 0 Å². The first-order valence-electron chi connectivity index (χ1n) is 8.68. The van der Waals surface area contributed by atoms with Crippen molar-refractivity contribution in [1.29, 1.82) is 0 Å². The molecule has 0 aliphatic carbocycles.